The Kier molecular flexibility index (Phi) is 5.27. The molecule has 4 nitrogen and oxygen atoms in total. The van der Waals surface area contributed by atoms with Crippen molar-refractivity contribution in [2.75, 3.05) is 30.7 Å². The molecule has 0 saturated carbocycles. The van der Waals surface area contributed by atoms with Crippen molar-refractivity contribution in [2.45, 2.75) is 33.1 Å². The molecule has 0 unspecified atom stereocenters. The fraction of sp³-hybridized carbons (Fsp3) is 0.562. The van der Waals surface area contributed by atoms with Gasteiger partial charge in [-0.3, -0.25) is 9.69 Å². The second-order valence-electron chi connectivity index (χ2n) is 5.96. The summed E-state index contributed by atoms with van der Waals surface area (Å²) in [6, 6.07) is 5.41. The van der Waals surface area contributed by atoms with Crippen LogP contribution in [0.1, 0.15) is 33.1 Å². The van der Waals surface area contributed by atoms with Gasteiger partial charge in [0.15, 0.2) is 0 Å². The fourth-order valence-corrected chi connectivity index (χ4v) is 3.51. The standard InChI is InChI=1S/C16H24BrN3O/c1-3-16(4-2)7-8-20(11-16)10-15(21)19-14-6-5-12(18)9-13(14)17/h5-6,9H,3-4,7-8,10-11,18H2,1-2H3,(H,19,21). The molecule has 0 spiro atoms. The van der Waals surface area contributed by atoms with Gasteiger partial charge in [-0.2, -0.15) is 0 Å². The van der Waals surface area contributed by atoms with E-state index in [1.165, 1.54) is 19.3 Å². The summed E-state index contributed by atoms with van der Waals surface area (Å²) >= 11 is 3.42. The first-order chi connectivity index (χ1) is 9.98. The minimum Gasteiger partial charge on any atom is -0.399 e. The summed E-state index contributed by atoms with van der Waals surface area (Å²) in [5.74, 6) is 0.0310. The van der Waals surface area contributed by atoms with Crippen molar-refractivity contribution >= 4 is 33.2 Å². The number of nitrogens with zero attached hydrogens (tertiary/aromatic N) is 1. The third-order valence-corrected chi connectivity index (χ3v) is 5.31. The van der Waals surface area contributed by atoms with Gasteiger partial charge in [0.05, 0.1) is 12.2 Å². The third-order valence-electron chi connectivity index (χ3n) is 4.65. The maximum absolute atomic E-state index is 12.2. The van der Waals surface area contributed by atoms with Crippen molar-refractivity contribution in [3.8, 4) is 0 Å². The van der Waals surface area contributed by atoms with Gasteiger partial charge in [0.2, 0.25) is 5.91 Å². The number of nitrogens with one attached hydrogen (secondary N) is 1. The lowest BCUT2D eigenvalue weighted by Crippen LogP contribution is -2.33. The van der Waals surface area contributed by atoms with Gasteiger partial charge in [0, 0.05) is 16.7 Å². The van der Waals surface area contributed by atoms with E-state index < -0.39 is 0 Å². The molecule has 1 fully saturated rings. The second-order valence-corrected chi connectivity index (χ2v) is 6.81. The van der Waals surface area contributed by atoms with Gasteiger partial charge >= 0.3 is 0 Å². The Hall–Kier alpha value is -1.07. The zero-order chi connectivity index (χ0) is 15.5. The number of likely N-dealkylation sites (tertiary alicyclic amines) is 1. The van der Waals surface area contributed by atoms with Crippen molar-refractivity contribution < 1.29 is 4.79 Å². The van der Waals surface area contributed by atoms with Crippen LogP contribution in [0, 0.1) is 5.41 Å². The number of rotatable bonds is 5. The molecule has 1 aromatic rings. The van der Waals surface area contributed by atoms with Gasteiger partial charge in [0.1, 0.15) is 0 Å². The average molecular weight is 354 g/mol. The van der Waals surface area contributed by atoms with E-state index in [1.54, 1.807) is 12.1 Å². The molecule has 1 aliphatic rings. The van der Waals surface area contributed by atoms with Crippen LogP contribution in [0.4, 0.5) is 11.4 Å². The number of nitrogen functional groups attached to an aromatic ring is 1. The van der Waals surface area contributed by atoms with Crippen LogP contribution in [-0.2, 0) is 4.79 Å². The van der Waals surface area contributed by atoms with Gasteiger partial charge in [-0.25, -0.2) is 0 Å². The summed E-state index contributed by atoms with van der Waals surface area (Å²) in [6.07, 6.45) is 3.56. The molecule has 1 aromatic carbocycles. The summed E-state index contributed by atoms with van der Waals surface area (Å²) in [6.45, 7) is 6.99. The monoisotopic (exact) mass is 353 g/mol. The van der Waals surface area contributed by atoms with E-state index in [-0.39, 0.29) is 5.91 Å². The number of hydrogen-bond acceptors (Lipinski definition) is 3. The van der Waals surface area contributed by atoms with Crippen LogP contribution in [0.2, 0.25) is 0 Å². The SMILES string of the molecule is CCC1(CC)CCN(CC(=O)Nc2ccc(N)cc2Br)C1. The van der Waals surface area contributed by atoms with E-state index in [0.717, 1.165) is 23.2 Å². The van der Waals surface area contributed by atoms with E-state index in [2.05, 4.69) is 40.0 Å². The molecule has 1 amide bonds. The van der Waals surface area contributed by atoms with Crippen molar-refractivity contribution in [1.29, 1.82) is 0 Å². The summed E-state index contributed by atoms with van der Waals surface area (Å²) < 4.78 is 0.814. The molecule has 0 radical (unpaired) electrons. The van der Waals surface area contributed by atoms with E-state index in [9.17, 15) is 4.79 Å². The van der Waals surface area contributed by atoms with Crippen LogP contribution < -0.4 is 11.1 Å². The normalized spacial score (nSPS) is 17.9. The number of hydrogen-bond donors (Lipinski definition) is 2. The van der Waals surface area contributed by atoms with E-state index >= 15 is 0 Å². The molecule has 0 bridgehead atoms. The van der Waals surface area contributed by atoms with Crippen molar-refractivity contribution in [2.24, 2.45) is 5.41 Å². The molecule has 1 saturated heterocycles. The van der Waals surface area contributed by atoms with Crippen molar-refractivity contribution in [3.05, 3.63) is 22.7 Å². The van der Waals surface area contributed by atoms with E-state index in [4.69, 9.17) is 5.73 Å². The smallest absolute Gasteiger partial charge is 0.238 e. The molecular weight excluding hydrogens is 330 g/mol. The Labute approximate surface area is 135 Å². The number of carbonyl (C=O) groups is 1. The first-order valence-corrected chi connectivity index (χ1v) is 8.34. The topological polar surface area (TPSA) is 58.4 Å². The molecule has 3 N–H and O–H groups in total. The lowest BCUT2D eigenvalue weighted by atomic mass is 9.82. The molecule has 116 valence electrons. The molecule has 0 atom stereocenters. The Bertz CT molecular complexity index is 514. The Balaban J connectivity index is 1.91. The van der Waals surface area contributed by atoms with Gasteiger partial charge in [-0.1, -0.05) is 13.8 Å². The van der Waals surface area contributed by atoms with Crippen molar-refractivity contribution in [1.82, 2.24) is 4.90 Å². The summed E-state index contributed by atoms with van der Waals surface area (Å²) in [7, 11) is 0. The fourth-order valence-electron chi connectivity index (χ4n) is 3.02. The second kappa shape index (κ2) is 6.79. The molecular formula is C16H24BrN3O. The Morgan fingerprint density at radius 2 is 2.14 bits per heavy atom. The largest absolute Gasteiger partial charge is 0.399 e. The zero-order valence-electron chi connectivity index (χ0n) is 12.8. The van der Waals surface area contributed by atoms with E-state index in [1.807, 2.05) is 6.07 Å². The van der Waals surface area contributed by atoms with Crippen LogP contribution in [-0.4, -0.2) is 30.4 Å². The van der Waals surface area contributed by atoms with Crippen LogP contribution in [0.15, 0.2) is 22.7 Å². The maximum Gasteiger partial charge on any atom is 0.238 e. The molecule has 0 aromatic heterocycles. The summed E-state index contributed by atoms with van der Waals surface area (Å²) in [5, 5.41) is 2.94. The molecule has 1 aliphatic heterocycles. The minimum absolute atomic E-state index is 0.0310. The first-order valence-electron chi connectivity index (χ1n) is 7.55. The van der Waals surface area contributed by atoms with E-state index in [0.29, 0.717) is 17.6 Å². The Morgan fingerprint density at radius 1 is 1.43 bits per heavy atom. The predicted molar refractivity (Wildman–Crippen MR) is 91.3 cm³/mol. The summed E-state index contributed by atoms with van der Waals surface area (Å²) in [5.41, 5.74) is 7.55. The maximum atomic E-state index is 12.2. The average Bonchev–Trinajstić information content (AvgIpc) is 2.86. The highest BCUT2D eigenvalue weighted by Crippen LogP contribution is 2.36. The van der Waals surface area contributed by atoms with Crippen LogP contribution >= 0.6 is 15.9 Å². The molecule has 1 heterocycles. The molecule has 21 heavy (non-hydrogen) atoms. The highest BCUT2D eigenvalue weighted by atomic mass is 79.9. The van der Waals surface area contributed by atoms with Crippen LogP contribution in [0.5, 0.6) is 0 Å². The van der Waals surface area contributed by atoms with Gasteiger partial charge in [0.25, 0.3) is 0 Å². The number of nitrogens with two attached hydrogens (primary N) is 1. The van der Waals surface area contributed by atoms with Gasteiger partial charge < -0.3 is 11.1 Å². The lowest BCUT2D eigenvalue weighted by molar-refractivity contribution is -0.117. The molecule has 0 aliphatic carbocycles. The zero-order valence-corrected chi connectivity index (χ0v) is 14.4. The number of amides is 1. The summed E-state index contributed by atoms with van der Waals surface area (Å²) in [4.78, 5) is 14.4. The third kappa shape index (κ3) is 3.98. The molecule has 5 heteroatoms. The van der Waals surface area contributed by atoms with Gasteiger partial charge in [-0.15, -0.1) is 0 Å². The lowest BCUT2D eigenvalue weighted by Gasteiger charge is -2.26. The number of carbonyl (C=O) groups excluding carboxylic acids is 1. The molecule has 2 rings (SSSR count). The van der Waals surface area contributed by atoms with Gasteiger partial charge in [-0.05, 0) is 65.4 Å². The highest BCUT2D eigenvalue weighted by molar-refractivity contribution is 9.10. The quantitative estimate of drug-likeness (QED) is 0.796. The number of anilines is 2. The van der Waals surface area contributed by atoms with Crippen LogP contribution in [0.3, 0.4) is 0 Å². The highest BCUT2D eigenvalue weighted by Gasteiger charge is 2.35. The predicted octanol–water partition coefficient (Wildman–Crippen LogP) is 3.48. The minimum atomic E-state index is 0.0310. The van der Waals surface area contributed by atoms with Crippen LogP contribution in [0.25, 0.3) is 0 Å². The number of halogens is 1. The number of benzene rings is 1. The Morgan fingerprint density at radius 3 is 2.71 bits per heavy atom. The first kappa shape index (κ1) is 16.3. The van der Waals surface area contributed by atoms with Crippen molar-refractivity contribution in [3.63, 3.8) is 0 Å².